The van der Waals surface area contributed by atoms with Gasteiger partial charge in [-0.15, -0.1) is 10.2 Å². The Labute approximate surface area is 132 Å². The van der Waals surface area contributed by atoms with Crippen molar-refractivity contribution in [3.63, 3.8) is 0 Å². The maximum absolute atomic E-state index is 5.14. The third kappa shape index (κ3) is 3.15. The molecule has 7 heteroatoms. The predicted octanol–water partition coefficient (Wildman–Crippen LogP) is 2.55. The van der Waals surface area contributed by atoms with Gasteiger partial charge in [0.05, 0.1) is 13.7 Å². The van der Waals surface area contributed by atoms with Crippen LogP contribution >= 0.6 is 11.3 Å². The Morgan fingerprint density at radius 3 is 2.68 bits per heavy atom. The second-order valence-corrected chi connectivity index (χ2v) is 5.59. The third-order valence-electron chi connectivity index (χ3n) is 3.14. The van der Waals surface area contributed by atoms with Gasteiger partial charge in [0.15, 0.2) is 5.82 Å². The van der Waals surface area contributed by atoms with Crippen LogP contribution in [0.25, 0.3) is 17.1 Å². The van der Waals surface area contributed by atoms with E-state index in [0.717, 1.165) is 27.1 Å². The zero-order chi connectivity index (χ0) is 15.4. The molecule has 6 nitrogen and oxygen atoms in total. The first-order chi connectivity index (χ1) is 10.8. The highest BCUT2D eigenvalue weighted by Gasteiger charge is 2.09. The molecule has 3 rings (SSSR count). The van der Waals surface area contributed by atoms with Crippen molar-refractivity contribution in [1.82, 2.24) is 19.8 Å². The van der Waals surface area contributed by atoms with Crippen LogP contribution in [0.4, 0.5) is 0 Å². The Hall–Kier alpha value is -2.25. The molecule has 22 heavy (non-hydrogen) atoms. The van der Waals surface area contributed by atoms with Crippen molar-refractivity contribution in [3.8, 4) is 5.75 Å². The van der Waals surface area contributed by atoms with Gasteiger partial charge in [-0.3, -0.25) is 0 Å². The van der Waals surface area contributed by atoms with Crippen molar-refractivity contribution in [2.45, 2.75) is 6.42 Å². The highest BCUT2D eigenvalue weighted by atomic mass is 32.1. The molecule has 0 saturated heterocycles. The average molecular weight is 316 g/mol. The number of ether oxygens (including phenoxy) is 2. The lowest BCUT2D eigenvalue weighted by molar-refractivity contribution is 0.200. The third-order valence-corrected chi connectivity index (χ3v) is 4.00. The van der Waals surface area contributed by atoms with Crippen LogP contribution in [0.3, 0.4) is 0 Å². The molecule has 114 valence electrons. The van der Waals surface area contributed by atoms with E-state index in [1.165, 1.54) is 11.3 Å². The fraction of sp³-hybridized carbons (Fsp3) is 0.267. The second-order valence-electron chi connectivity index (χ2n) is 4.60. The first-order valence-corrected chi connectivity index (χ1v) is 7.64. The number of rotatable bonds is 6. The molecule has 0 unspecified atom stereocenters. The lowest BCUT2D eigenvalue weighted by atomic mass is 10.2. The van der Waals surface area contributed by atoms with Crippen LogP contribution in [-0.4, -0.2) is 40.6 Å². The van der Waals surface area contributed by atoms with Crippen molar-refractivity contribution < 1.29 is 9.47 Å². The minimum atomic E-state index is 0.606. The number of nitrogens with zero attached hydrogens (tertiary/aromatic N) is 4. The minimum Gasteiger partial charge on any atom is -0.497 e. The second kappa shape index (κ2) is 6.67. The van der Waals surface area contributed by atoms with Crippen LogP contribution in [-0.2, 0) is 11.2 Å². The Balaban J connectivity index is 1.78. The van der Waals surface area contributed by atoms with Gasteiger partial charge in [-0.1, -0.05) is 29.5 Å². The summed E-state index contributed by atoms with van der Waals surface area (Å²) in [7, 11) is 3.33. The van der Waals surface area contributed by atoms with Crippen LogP contribution in [0.15, 0.2) is 24.3 Å². The molecule has 0 radical (unpaired) electrons. The molecule has 1 aromatic carbocycles. The van der Waals surface area contributed by atoms with E-state index in [4.69, 9.17) is 9.47 Å². The standard InChI is InChI=1S/C15H16N4O2S/c1-20-10-9-13-16-17-15-19(13)18-14(22-15)8-5-11-3-6-12(21-2)7-4-11/h3-8H,9-10H2,1-2H3/b8-5+. The Morgan fingerprint density at radius 1 is 1.14 bits per heavy atom. The van der Waals surface area contributed by atoms with Gasteiger partial charge in [0, 0.05) is 13.5 Å². The quantitative estimate of drug-likeness (QED) is 0.699. The molecule has 0 saturated carbocycles. The predicted molar refractivity (Wildman–Crippen MR) is 86.2 cm³/mol. The normalized spacial score (nSPS) is 11.5. The first kappa shape index (κ1) is 14.7. The summed E-state index contributed by atoms with van der Waals surface area (Å²) in [4.78, 5) is 0.792. The van der Waals surface area contributed by atoms with Gasteiger partial charge in [-0.2, -0.15) is 9.61 Å². The van der Waals surface area contributed by atoms with Crippen LogP contribution in [0.2, 0.25) is 0 Å². The summed E-state index contributed by atoms with van der Waals surface area (Å²) in [5.74, 6) is 1.66. The minimum absolute atomic E-state index is 0.606. The molecule has 2 aromatic heterocycles. The average Bonchev–Trinajstić information content (AvgIpc) is 3.12. The molecule has 0 aliphatic carbocycles. The largest absolute Gasteiger partial charge is 0.497 e. The first-order valence-electron chi connectivity index (χ1n) is 6.82. The molecule has 2 heterocycles. The van der Waals surface area contributed by atoms with Gasteiger partial charge in [-0.25, -0.2) is 0 Å². The van der Waals surface area contributed by atoms with Crippen molar-refractivity contribution in [2.24, 2.45) is 0 Å². The van der Waals surface area contributed by atoms with E-state index in [9.17, 15) is 0 Å². The van der Waals surface area contributed by atoms with E-state index in [-0.39, 0.29) is 0 Å². The lowest BCUT2D eigenvalue weighted by Gasteiger charge is -1.98. The van der Waals surface area contributed by atoms with E-state index >= 15 is 0 Å². The fourth-order valence-electron chi connectivity index (χ4n) is 1.97. The molecule has 0 amide bonds. The highest BCUT2D eigenvalue weighted by Crippen LogP contribution is 2.18. The monoisotopic (exact) mass is 316 g/mol. The maximum Gasteiger partial charge on any atom is 0.234 e. The van der Waals surface area contributed by atoms with Gasteiger partial charge in [0.25, 0.3) is 0 Å². The van der Waals surface area contributed by atoms with E-state index in [2.05, 4.69) is 15.3 Å². The van der Waals surface area contributed by atoms with Gasteiger partial charge < -0.3 is 9.47 Å². The van der Waals surface area contributed by atoms with Crippen LogP contribution in [0.1, 0.15) is 16.4 Å². The van der Waals surface area contributed by atoms with Crippen molar-refractivity contribution in [3.05, 3.63) is 40.7 Å². The van der Waals surface area contributed by atoms with Gasteiger partial charge in [-0.05, 0) is 23.8 Å². The molecule has 3 aromatic rings. The van der Waals surface area contributed by atoms with Crippen LogP contribution in [0, 0.1) is 0 Å². The van der Waals surface area contributed by atoms with Gasteiger partial charge >= 0.3 is 0 Å². The Bertz CT molecular complexity index is 777. The van der Waals surface area contributed by atoms with Crippen LogP contribution in [0.5, 0.6) is 5.75 Å². The summed E-state index contributed by atoms with van der Waals surface area (Å²) in [6.45, 7) is 0.606. The zero-order valence-electron chi connectivity index (χ0n) is 12.4. The van der Waals surface area contributed by atoms with Gasteiger partial charge in [0.1, 0.15) is 10.8 Å². The SMILES string of the molecule is COCCc1nnc2sc(/C=C/c3ccc(OC)cc3)nn12. The molecular weight excluding hydrogens is 300 g/mol. The zero-order valence-corrected chi connectivity index (χ0v) is 13.2. The Morgan fingerprint density at radius 2 is 1.95 bits per heavy atom. The van der Waals surface area contributed by atoms with E-state index in [1.807, 2.05) is 36.4 Å². The summed E-state index contributed by atoms with van der Waals surface area (Å²) in [6, 6.07) is 7.86. The van der Waals surface area contributed by atoms with Crippen molar-refractivity contribution >= 4 is 28.4 Å². The van der Waals surface area contributed by atoms with E-state index in [1.54, 1.807) is 18.7 Å². The Kier molecular flexibility index (Phi) is 4.45. The highest BCUT2D eigenvalue weighted by molar-refractivity contribution is 7.17. The maximum atomic E-state index is 5.14. The molecule has 0 fully saturated rings. The number of hydrogen-bond acceptors (Lipinski definition) is 6. The van der Waals surface area contributed by atoms with Crippen molar-refractivity contribution in [2.75, 3.05) is 20.8 Å². The summed E-state index contributed by atoms with van der Waals surface area (Å²) >= 11 is 1.50. The van der Waals surface area contributed by atoms with Crippen molar-refractivity contribution in [1.29, 1.82) is 0 Å². The molecule has 0 aliphatic rings. The van der Waals surface area contributed by atoms with E-state index in [0.29, 0.717) is 13.0 Å². The summed E-state index contributed by atoms with van der Waals surface area (Å²) in [6.07, 6.45) is 4.68. The number of aromatic nitrogens is 4. The van der Waals surface area contributed by atoms with Crippen LogP contribution < -0.4 is 4.74 Å². The number of benzene rings is 1. The molecule has 0 spiro atoms. The summed E-state index contributed by atoms with van der Waals surface area (Å²) < 4.78 is 12.0. The van der Waals surface area contributed by atoms with E-state index < -0.39 is 0 Å². The lowest BCUT2D eigenvalue weighted by Crippen LogP contribution is -2.01. The molecule has 0 N–H and O–H groups in total. The molecule has 0 atom stereocenters. The molecular formula is C15H16N4O2S. The summed E-state index contributed by atoms with van der Waals surface area (Å²) in [5.41, 5.74) is 1.09. The molecule has 0 aliphatic heterocycles. The fourth-order valence-corrected chi connectivity index (χ4v) is 2.73. The smallest absolute Gasteiger partial charge is 0.234 e. The number of methoxy groups -OCH3 is 2. The van der Waals surface area contributed by atoms with Gasteiger partial charge in [0.2, 0.25) is 4.96 Å². The number of fused-ring (bicyclic) bond motifs is 1. The molecule has 0 bridgehead atoms. The summed E-state index contributed by atoms with van der Waals surface area (Å²) in [5, 5.41) is 13.7. The topological polar surface area (TPSA) is 61.5 Å². The number of hydrogen-bond donors (Lipinski definition) is 0.